The lowest BCUT2D eigenvalue weighted by Crippen LogP contribution is -2.45. The third-order valence-corrected chi connectivity index (χ3v) is 11.9. The molecule has 0 bridgehead atoms. The minimum Gasteiger partial charge on any atom is -0.340 e. The Morgan fingerprint density at radius 1 is 0.534 bits per heavy atom. The van der Waals surface area contributed by atoms with Gasteiger partial charge in [-0.25, -0.2) is 9.97 Å². The van der Waals surface area contributed by atoms with Crippen molar-refractivity contribution in [2.45, 2.75) is 62.7 Å². The molecule has 58 heavy (non-hydrogen) atoms. The van der Waals surface area contributed by atoms with E-state index in [0.717, 1.165) is 108 Å². The molecule has 2 amide bonds. The molecule has 2 saturated heterocycles. The molecular formula is C48H54N8O2. The summed E-state index contributed by atoms with van der Waals surface area (Å²) in [5.74, 6) is 1.90. The fraction of sp³-hybridized carbons (Fsp3) is 0.333. The van der Waals surface area contributed by atoms with Crippen molar-refractivity contribution < 1.29 is 9.59 Å². The molecule has 8 rings (SSSR count). The summed E-state index contributed by atoms with van der Waals surface area (Å²) in [5, 5.41) is 0. The number of aromatic nitrogens is 4. The number of hydrogen-bond acceptors (Lipinski definition) is 6. The highest BCUT2D eigenvalue weighted by Crippen LogP contribution is 2.36. The van der Waals surface area contributed by atoms with Gasteiger partial charge in [-0.3, -0.25) is 19.4 Å². The number of carbonyl (C=O) groups is 2. The molecule has 298 valence electrons. The SMILES string of the molecule is CN(C)[C@H](C(=O)N1CCCC[C@H]1c1ncc(-c2ccc(-c3ccc(-c4cnc([C@@H]5CCCCN5C(=O)[C@@H](c5ccccc5)N(C)C)[nH]4)cc3)cc2)[nH]1)c1ccccc1. The number of likely N-dealkylation sites (N-methyl/N-ethyl adjacent to an activating group) is 2. The Morgan fingerprint density at radius 3 is 1.26 bits per heavy atom. The molecule has 2 aliphatic heterocycles. The number of benzene rings is 4. The van der Waals surface area contributed by atoms with Crippen LogP contribution in [0.2, 0.25) is 0 Å². The summed E-state index contributed by atoms with van der Waals surface area (Å²) in [4.78, 5) is 53.0. The van der Waals surface area contributed by atoms with Crippen LogP contribution >= 0.6 is 0 Å². The molecule has 0 spiro atoms. The van der Waals surface area contributed by atoms with Crippen molar-refractivity contribution in [3.8, 4) is 33.6 Å². The predicted octanol–water partition coefficient (Wildman–Crippen LogP) is 8.85. The van der Waals surface area contributed by atoms with E-state index in [1.807, 2.05) is 121 Å². The Hall–Kier alpha value is -5.84. The molecule has 0 radical (unpaired) electrons. The maximum Gasteiger partial charge on any atom is 0.245 e. The number of H-pyrrole nitrogens is 2. The fourth-order valence-corrected chi connectivity index (χ4v) is 8.86. The first-order valence-corrected chi connectivity index (χ1v) is 20.6. The Morgan fingerprint density at radius 2 is 0.897 bits per heavy atom. The number of carbonyl (C=O) groups excluding carboxylic acids is 2. The predicted molar refractivity (Wildman–Crippen MR) is 229 cm³/mol. The molecule has 2 aliphatic rings. The van der Waals surface area contributed by atoms with E-state index in [2.05, 4.69) is 58.5 Å². The zero-order valence-electron chi connectivity index (χ0n) is 34.0. The van der Waals surface area contributed by atoms with Gasteiger partial charge in [-0.1, -0.05) is 109 Å². The van der Waals surface area contributed by atoms with Crippen LogP contribution in [0.3, 0.4) is 0 Å². The van der Waals surface area contributed by atoms with Gasteiger partial charge in [-0.15, -0.1) is 0 Å². The molecule has 2 fully saturated rings. The molecule has 10 nitrogen and oxygen atoms in total. The number of nitrogens with zero attached hydrogens (tertiary/aromatic N) is 6. The maximum absolute atomic E-state index is 14.1. The maximum atomic E-state index is 14.1. The van der Waals surface area contributed by atoms with Crippen LogP contribution < -0.4 is 0 Å². The number of aromatic amines is 2. The second-order valence-corrected chi connectivity index (χ2v) is 16.2. The lowest BCUT2D eigenvalue weighted by molar-refractivity contribution is -0.141. The van der Waals surface area contributed by atoms with E-state index in [0.29, 0.717) is 0 Å². The highest BCUT2D eigenvalue weighted by Gasteiger charge is 2.37. The Balaban J connectivity index is 0.944. The van der Waals surface area contributed by atoms with Gasteiger partial charge in [0, 0.05) is 13.1 Å². The number of likely N-dealkylation sites (tertiary alicyclic amines) is 2. The monoisotopic (exact) mass is 774 g/mol. The van der Waals surface area contributed by atoms with Crippen molar-refractivity contribution >= 4 is 11.8 Å². The van der Waals surface area contributed by atoms with Gasteiger partial charge in [0.1, 0.15) is 23.7 Å². The Bertz CT molecular complexity index is 2120. The molecule has 4 atom stereocenters. The highest BCUT2D eigenvalue weighted by molar-refractivity contribution is 5.84. The molecule has 0 unspecified atom stereocenters. The third-order valence-electron chi connectivity index (χ3n) is 11.9. The van der Waals surface area contributed by atoms with Crippen LogP contribution in [-0.2, 0) is 9.59 Å². The molecule has 0 aliphatic carbocycles. The van der Waals surface area contributed by atoms with Crippen LogP contribution in [0, 0.1) is 0 Å². The molecule has 4 heterocycles. The number of amides is 2. The number of rotatable bonds is 11. The summed E-state index contributed by atoms with van der Waals surface area (Å²) >= 11 is 0. The van der Waals surface area contributed by atoms with Gasteiger partial charge in [-0.05, 0) is 100 Å². The van der Waals surface area contributed by atoms with E-state index < -0.39 is 0 Å². The summed E-state index contributed by atoms with van der Waals surface area (Å²) in [6.07, 6.45) is 9.65. The van der Waals surface area contributed by atoms with Crippen LogP contribution in [0.25, 0.3) is 33.6 Å². The third kappa shape index (κ3) is 8.12. The number of imidazole rings is 2. The van der Waals surface area contributed by atoms with E-state index in [-0.39, 0.29) is 36.0 Å². The van der Waals surface area contributed by atoms with Crippen LogP contribution in [0.15, 0.2) is 122 Å². The van der Waals surface area contributed by atoms with E-state index >= 15 is 0 Å². The summed E-state index contributed by atoms with van der Waals surface area (Å²) in [6, 6.07) is 36.2. The van der Waals surface area contributed by atoms with Crippen LogP contribution in [0.4, 0.5) is 0 Å². The van der Waals surface area contributed by atoms with E-state index in [9.17, 15) is 9.59 Å². The van der Waals surface area contributed by atoms with Gasteiger partial charge < -0.3 is 19.8 Å². The van der Waals surface area contributed by atoms with Gasteiger partial charge in [-0.2, -0.15) is 0 Å². The second-order valence-electron chi connectivity index (χ2n) is 16.2. The van der Waals surface area contributed by atoms with Gasteiger partial charge in [0.15, 0.2) is 0 Å². The second kappa shape index (κ2) is 17.3. The molecule has 2 aromatic heterocycles. The minimum absolute atomic E-state index is 0.0935. The van der Waals surface area contributed by atoms with Crippen molar-refractivity contribution in [1.82, 2.24) is 39.5 Å². The van der Waals surface area contributed by atoms with Crippen molar-refractivity contribution in [2.24, 2.45) is 0 Å². The zero-order valence-corrected chi connectivity index (χ0v) is 34.0. The van der Waals surface area contributed by atoms with E-state index in [1.165, 1.54) is 0 Å². The largest absolute Gasteiger partial charge is 0.340 e. The lowest BCUT2D eigenvalue weighted by Gasteiger charge is -2.38. The first kappa shape index (κ1) is 39.0. The molecule has 4 aromatic carbocycles. The lowest BCUT2D eigenvalue weighted by atomic mass is 9.97. The topological polar surface area (TPSA) is 104 Å². The van der Waals surface area contributed by atoms with Gasteiger partial charge in [0.25, 0.3) is 0 Å². The first-order chi connectivity index (χ1) is 28.3. The van der Waals surface area contributed by atoms with E-state index in [1.54, 1.807) is 0 Å². The average molecular weight is 775 g/mol. The molecule has 0 saturated carbocycles. The number of hydrogen-bond donors (Lipinski definition) is 2. The Kier molecular flexibility index (Phi) is 11.7. The van der Waals surface area contributed by atoms with Crippen molar-refractivity contribution in [3.05, 3.63) is 144 Å². The number of piperidine rings is 2. The zero-order chi connectivity index (χ0) is 40.2. The number of nitrogens with one attached hydrogen (secondary N) is 2. The molecular weight excluding hydrogens is 721 g/mol. The molecule has 2 N–H and O–H groups in total. The summed E-state index contributed by atoms with van der Waals surface area (Å²) in [6.45, 7) is 1.44. The normalized spacial score (nSPS) is 18.4. The fourth-order valence-electron chi connectivity index (χ4n) is 8.86. The molecule has 10 heteroatoms. The quantitative estimate of drug-likeness (QED) is 0.136. The van der Waals surface area contributed by atoms with Crippen molar-refractivity contribution in [1.29, 1.82) is 0 Å². The van der Waals surface area contributed by atoms with Crippen molar-refractivity contribution in [2.75, 3.05) is 41.3 Å². The summed E-state index contributed by atoms with van der Waals surface area (Å²) in [7, 11) is 7.88. The molecule has 6 aromatic rings. The summed E-state index contributed by atoms with van der Waals surface area (Å²) < 4.78 is 0. The van der Waals surface area contributed by atoms with Crippen LogP contribution in [-0.4, -0.2) is 92.6 Å². The Labute approximate surface area is 341 Å². The standard InChI is InChI=1S/C48H54N8O2/c1-53(2)43(37-15-7-5-8-16-37)47(57)55-29-13-11-19-41(55)45-49-31-39(51-45)35-25-21-33(22-26-35)34-23-27-36(28-24-34)40-32-50-46(52-40)42-20-12-14-30-56(42)48(58)44(54(3)4)38-17-9-6-10-18-38/h5-10,15-18,21-28,31-32,41-44H,11-14,19-20,29-30H2,1-4H3,(H,49,51)(H,50,52)/t41-,42-,43-,44+/m0/s1. The average Bonchev–Trinajstić information content (AvgIpc) is 3.96. The summed E-state index contributed by atoms with van der Waals surface area (Å²) in [5.41, 5.74) is 8.20. The highest BCUT2D eigenvalue weighted by atomic mass is 16.2. The smallest absolute Gasteiger partial charge is 0.245 e. The van der Waals surface area contributed by atoms with Crippen molar-refractivity contribution in [3.63, 3.8) is 0 Å². The van der Waals surface area contributed by atoms with Gasteiger partial charge in [0.2, 0.25) is 11.8 Å². The van der Waals surface area contributed by atoms with Gasteiger partial charge in [0.05, 0.1) is 35.9 Å². The first-order valence-electron chi connectivity index (χ1n) is 20.6. The van der Waals surface area contributed by atoms with Crippen LogP contribution in [0.1, 0.15) is 85.5 Å². The van der Waals surface area contributed by atoms with Crippen LogP contribution in [0.5, 0.6) is 0 Å². The minimum atomic E-state index is -0.346. The van der Waals surface area contributed by atoms with E-state index in [4.69, 9.17) is 9.97 Å². The van der Waals surface area contributed by atoms with Gasteiger partial charge >= 0.3 is 0 Å².